The number of halogens is 1. The number of carbonyl (C=O) groups excluding carboxylic acids is 1. The van der Waals surface area contributed by atoms with Crippen molar-refractivity contribution in [3.63, 3.8) is 0 Å². The van der Waals surface area contributed by atoms with Gasteiger partial charge in [-0.05, 0) is 37.3 Å². The van der Waals surface area contributed by atoms with Gasteiger partial charge in [0.05, 0.1) is 17.5 Å². The van der Waals surface area contributed by atoms with Gasteiger partial charge in [0.1, 0.15) is 11.6 Å². The number of pyridine rings is 2. The van der Waals surface area contributed by atoms with Crippen molar-refractivity contribution in [2.24, 2.45) is 0 Å². The zero-order chi connectivity index (χ0) is 20.9. The first-order chi connectivity index (χ1) is 14.6. The number of aromatic nitrogens is 4. The first-order valence-corrected chi connectivity index (χ1v) is 9.23. The topological polar surface area (TPSA) is 81.9 Å². The summed E-state index contributed by atoms with van der Waals surface area (Å²) in [6.45, 7) is 1.99. The van der Waals surface area contributed by atoms with Crippen molar-refractivity contribution < 1.29 is 13.9 Å². The van der Waals surface area contributed by atoms with Gasteiger partial charge in [-0.1, -0.05) is 18.2 Å². The number of amides is 1. The Hall–Kier alpha value is -4.07. The Bertz CT molecular complexity index is 1180. The summed E-state index contributed by atoms with van der Waals surface area (Å²) in [6.07, 6.45) is 4.74. The standard InChI is InChI=1S/C22H18FN5O2/c1-15-19(14-27-28(15)20-9-2-3-10-24-20)21(29)26-13-16-6-5-11-25-22(16)30-18-8-4-7-17(23)12-18/h2-12,14H,13H2,1H3,(H,26,29). The Morgan fingerprint density at radius 2 is 1.97 bits per heavy atom. The number of nitrogens with zero attached hydrogens (tertiary/aromatic N) is 4. The van der Waals surface area contributed by atoms with Crippen molar-refractivity contribution in [3.8, 4) is 17.4 Å². The number of ether oxygens (including phenoxy) is 1. The molecule has 0 atom stereocenters. The Labute approximate surface area is 172 Å². The molecule has 3 aromatic heterocycles. The van der Waals surface area contributed by atoms with E-state index in [4.69, 9.17) is 4.74 Å². The van der Waals surface area contributed by atoms with Gasteiger partial charge in [0.25, 0.3) is 5.91 Å². The SMILES string of the molecule is Cc1c(C(=O)NCc2cccnc2Oc2cccc(F)c2)cnn1-c1ccccn1. The highest BCUT2D eigenvalue weighted by molar-refractivity contribution is 5.95. The van der Waals surface area contributed by atoms with Gasteiger partial charge in [-0.15, -0.1) is 0 Å². The van der Waals surface area contributed by atoms with Crippen molar-refractivity contribution in [2.75, 3.05) is 0 Å². The minimum absolute atomic E-state index is 0.186. The van der Waals surface area contributed by atoms with Crippen molar-refractivity contribution >= 4 is 5.91 Å². The molecule has 0 saturated heterocycles. The fourth-order valence-corrected chi connectivity index (χ4v) is 2.91. The second-order valence-electron chi connectivity index (χ2n) is 6.45. The van der Waals surface area contributed by atoms with Gasteiger partial charge in [0.15, 0.2) is 5.82 Å². The van der Waals surface area contributed by atoms with Crippen LogP contribution in [0, 0.1) is 12.7 Å². The van der Waals surface area contributed by atoms with Crippen LogP contribution in [0.2, 0.25) is 0 Å². The van der Waals surface area contributed by atoms with Crippen LogP contribution in [-0.4, -0.2) is 25.7 Å². The van der Waals surface area contributed by atoms with Gasteiger partial charge in [0.2, 0.25) is 5.88 Å². The molecular weight excluding hydrogens is 385 g/mol. The van der Waals surface area contributed by atoms with Crippen LogP contribution in [-0.2, 0) is 6.54 Å². The monoisotopic (exact) mass is 403 g/mol. The summed E-state index contributed by atoms with van der Waals surface area (Å²) in [5, 5.41) is 7.12. The van der Waals surface area contributed by atoms with Gasteiger partial charge in [0, 0.05) is 30.6 Å². The van der Waals surface area contributed by atoms with E-state index in [1.807, 2.05) is 18.2 Å². The largest absolute Gasteiger partial charge is 0.439 e. The lowest BCUT2D eigenvalue weighted by molar-refractivity contribution is 0.0950. The molecule has 1 N–H and O–H groups in total. The maximum absolute atomic E-state index is 13.4. The second kappa shape index (κ2) is 8.52. The number of carbonyl (C=O) groups is 1. The summed E-state index contributed by atoms with van der Waals surface area (Å²) >= 11 is 0. The molecule has 8 heteroatoms. The molecule has 0 spiro atoms. The summed E-state index contributed by atoms with van der Waals surface area (Å²) < 4.78 is 20.7. The van der Waals surface area contributed by atoms with Crippen LogP contribution in [0.25, 0.3) is 5.82 Å². The van der Waals surface area contributed by atoms with E-state index in [2.05, 4.69) is 20.4 Å². The van der Waals surface area contributed by atoms with E-state index < -0.39 is 5.82 Å². The molecule has 0 aliphatic heterocycles. The molecule has 3 heterocycles. The summed E-state index contributed by atoms with van der Waals surface area (Å²) in [4.78, 5) is 21.1. The fourth-order valence-electron chi connectivity index (χ4n) is 2.91. The molecule has 0 aliphatic carbocycles. The lowest BCUT2D eigenvalue weighted by Gasteiger charge is -2.11. The summed E-state index contributed by atoms with van der Waals surface area (Å²) in [7, 11) is 0. The van der Waals surface area contributed by atoms with Crippen LogP contribution < -0.4 is 10.1 Å². The summed E-state index contributed by atoms with van der Waals surface area (Å²) in [5.41, 5.74) is 1.77. The number of nitrogens with one attached hydrogen (secondary N) is 1. The van der Waals surface area contributed by atoms with Crippen molar-refractivity contribution in [1.29, 1.82) is 0 Å². The highest BCUT2D eigenvalue weighted by atomic mass is 19.1. The van der Waals surface area contributed by atoms with E-state index in [9.17, 15) is 9.18 Å². The predicted octanol–water partition coefficient (Wildman–Crippen LogP) is 3.83. The zero-order valence-corrected chi connectivity index (χ0v) is 16.1. The molecule has 150 valence electrons. The Morgan fingerprint density at radius 3 is 2.77 bits per heavy atom. The van der Waals surface area contributed by atoms with Gasteiger partial charge in [-0.2, -0.15) is 5.10 Å². The third kappa shape index (κ3) is 4.17. The third-order valence-corrected chi connectivity index (χ3v) is 4.42. The van der Waals surface area contributed by atoms with Crippen molar-refractivity contribution in [3.05, 3.63) is 95.8 Å². The maximum atomic E-state index is 13.4. The van der Waals surface area contributed by atoms with E-state index in [-0.39, 0.29) is 12.5 Å². The van der Waals surface area contributed by atoms with E-state index in [0.29, 0.717) is 34.3 Å². The van der Waals surface area contributed by atoms with E-state index in [0.717, 1.165) is 0 Å². The van der Waals surface area contributed by atoms with Crippen LogP contribution >= 0.6 is 0 Å². The minimum Gasteiger partial charge on any atom is -0.439 e. The van der Waals surface area contributed by atoms with E-state index in [1.165, 1.54) is 18.3 Å². The van der Waals surface area contributed by atoms with Crippen LogP contribution in [0.5, 0.6) is 11.6 Å². The number of hydrogen-bond acceptors (Lipinski definition) is 5. The van der Waals surface area contributed by atoms with Gasteiger partial charge < -0.3 is 10.1 Å². The zero-order valence-electron chi connectivity index (χ0n) is 16.1. The molecule has 0 saturated carbocycles. The van der Waals surface area contributed by atoms with Crippen LogP contribution in [0.3, 0.4) is 0 Å². The molecule has 30 heavy (non-hydrogen) atoms. The first-order valence-electron chi connectivity index (χ1n) is 9.23. The molecule has 1 aromatic carbocycles. The smallest absolute Gasteiger partial charge is 0.255 e. The lowest BCUT2D eigenvalue weighted by atomic mass is 10.2. The fraction of sp³-hybridized carbons (Fsp3) is 0.0909. The molecule has 4 aromatic rings. The molecule has 0 bridgehead atoms. The Balaban J connectivity index is 1.48. The normalized spacial score (nSPS) is 10.6. The average Bonchev–Trinajstić information content (AvgIpc) is 3.15. The van der Waals surface area contributed by atoms with Gasteiger partial charge >= 0.3 is 0 Å². The predicted molar refractivity (Wildman–Crippen MR) is 108 cm³/mol. The average molecular weight is 403 g/mol. The summed E-state index contributed by atoms with van der Waals surface area (Å²) in [5.74, 6) is 0.569. The van der Waals surface area contributed by atoms with Crippen molar-refractivity contribution in [1.82, 2.24) is 25.1 Å². The van der Waals surface area contributed by atoms with E-state index in [1.54, 1.807) is 48.3 Å². The first kappa shape index (κ1) is 19.3. The number of benzene rings is 1. The number of hydrogen-bond donors (Lipinski definition) is 1. The minimum atomic E-state index is -0.404. The van der Waals surface area contributed by atoms with Gasteiger partial charge in [-0.3, -0.25) is 4.79 Å². The van der Waals surface area contributed by atoms with Crippen molar-refractivity contribution in [2.45, 2.75) is 13.5 Å². The molecule has 0 aliphatic rings. The number of rotatable bonds is 6. The lowest BCUT2D eigenvalue weighted by Crippen LogP contribution is -2.23. The van der Waals surface area contributed by atoms with Gasteiger partial charge in [-0.25, -0.2) is 19.0 Å². The molecule has 1 amide bonds. The molecule has 7 nitrogen and oxygen atoms in total. The highest BCUT2D eigenvalue weighted by Crippen LogP contribution is 2.23. The molecule has 0 fully saturated rings. The molecule has 0 radical (unpaired) electrons. The van der Waals surface area contributed by atoms with Crippen LogP contribution in [0.15, 0.2) is 73.2 Å². The maximum Gasteiger partial charge on any atom is 0.255 e. The molecule has 4 rings (SSSR count). The molecule has 0 unspecified atom stereocenters. The second-order valence-corrected chi connectivity index (χ2v) is 6.45. The molecular formula is C22H18FN5O2. The summed E-state index contributed by atoms with van der Waals surface area (Å²) in [6, 6.07) is 14.8. The Kier molecular flexibility index (Phi) is 5.47. The van der Waals surface area contributed by atoms with E-state index >= 15 is 0 Å². The van der Waals surface area contributed by atoms with Crippen LogP contribution in [0.1, 0.15) is 21.6 Å². The highest BCUT2D eigenvalue weighted by Gasteiger charge is 2.16. The Morgan fingerprint density at radius 1 is 1.10 bits per heavy atom. The van der Waals surface area contributed by atoms with Crippen LogP contribution in [0.4, 0.5) is 4.39 Å². The third-order valence-electron chi connectivity index (χ3n) is 4.42. The quantitative estimate of drug-likeness (QED) is 0.529.